The molecule has 2 aromatic rings. The second-order valence-corrected chi connectivity index (χ2v) is 5.20. The molecular formula is C16H18ClF2N3O3. The molecule has 0 fully saturated rings. The summed E-state index contributed by atoms with van der Waals surface area (Å²) in [6.07, 6.45) is 1.36. The van der Waals surface area contributed by atoms with E-state index in [4.69, 9.17) is 10.2 Å². The molecule has 2 rings (SSSR count). The molecule has 0 atom stereocenters. The van der Waals surface area contributed by atoms with E-state index in [9.17, 15) is 18.4 Å². The van der Waals surface area contributed by atoms with Crippen LogP contribution in [0, 0.1) is 6.92 Å². The number of furan rings is 1. The van der Waals surface area contributed by atoms with E-state index in [1.165, 1.54) is 24.5 Å². The lowest BCUT2D eigenvalue weighted by Crippen LogP contribution is -2.41. The minimum absolute atomic E-state index is 0. The zero-order valence-corrected chi connectivity index (χ0v) is 14.2. The lowest BCUT2D eigenvalue weighted by molar-refractivity contribution is 0.0118. The Hall–Kier alpha value is -2.45. The third-order valence-electron chi connectivity index (χ3n) is 3.30. The normalized spacial score (nSPS) is 10.7. The average Bonchev–Trinajstić information content (AvgIpc) is 3.09. The van der Waals surface area contributed by atoms with Crippen LogP contribution in [0.2, 0.25) is 0 Å². The maximum absolute atomic E-state index is 13.1. The Labute approximate surface area is 149 Å². The average molecular weight is 374 g/mol. The van der Waals surface area contributed by atoms with Gasteiger partial charge in [-0.3, -0.25) is 9.59 Å². The second kappa shape index (κ2) is 8.59. The molecule has 0 radical (unpaired) electrons. The molecule has 0 saturated heterocycles. The third kappa shape index (κ3) is 5.54. The topological polar surface area (TPSA) is 97.4 Å². The van der Waals surface area contributed by atoms with Gasteiger partial charge in [-0.05, 0) is 36.8 Å². The van der Waals surface area contributed by atoms with Crippen molar-refractivity contribution in [3.8, 4) is 0 Å². The number of carbonyl (C=O) groups excluding carboxylic acids is 2. The number of benzene rings is 1. The third-order valence-corrected chi connectivity index (χ3v) is 3.30. The van der Waals surface area contributed by atoms with Gasteiger partial charge in [-0.1, -0.05) is 6.07 Å². The lowest BCUT2D eigenvalue weighted by Gasteiger charge is -2.15. The van der Waals surface area contributed by atoms with Crippen LogP contribution in [0.15, 0.2) is 41.0 Å². The number of nitrogens with two attached hydrogens (primary N) is 1. The minimum Gasteiger partial charge on any atom is -0.459 e. The highest BCUT2D eigenvalue weighted by molar-refractivity contribution is 6.03. The first-order valence-corrected chi connectivity index (χ1v) is 7.14. The molecule has 0 unspecified atom stereocenters. The summed E-state index contributed by atoms with van der Waals surface area (Å²) in [5, 5.41) is 4.73. The van der Waals surface area contributed by atoms with E-state index in [0.717, 1.165) is 0 Å². The van der Waals surface area contributed by atoms with Crippen molar-refractivity contribution in [1.29, 1.82) is 0 Å². The molecule has 4 N–H and O–H groups in total. The van der Waals surface area contributed by atoms with E-state index < -0.39 is 30.8 Å². The van der Waals surface area contributed by atoms with Crippen LogP contribution in [0.3, 0.4) is 0 Å². The van der Waals surface area contributed by atoms with E-state index in [1.54, 1.807) is 19.1 Å². The van der Waals surface area contributed by atoms with Crippen molar-refractivity contribution in [2.45, 2.75) is 12.8 Å². The largest absolute Gasteiger partial charge is 0.459 e. The Morgan fingerprint density at radius 3 is 2.56 bits per heavy atom. The van der Waals surface area contributed by atoms with Gasteiger partial charge in [-0.15, -0.1) is 12.4 Å². The first-order valence-electron chi connectivity index (χ1n) is 7.14. The molecule has 0 bridgehead atoms. The van der Waals surface area contributed by atoms with Crippen LogP contribution in [-0.2, 0) is 0 Å². The summed E-state index contributed by atoms with van der Waals surface area (Å²) < 4.78 is 31.2. The highest BCUT2D eigenvalue weighted by Gasteiger charge is 2.27. The summed E-state index contributed by atoms with van der Waals surface area (Å²) >= 11 is 0. The van der Waals surface area contributed by atoms with Crippen LogP contribution < -0.4 is 16.4 Å². The van der Waals surface area contributed by atoms with Crippen molar-refractivity contribution in [3.05, 3.63) is 53.5 Å². The smallest absolute Gasteiger partial charge is 0.291 e. The fourth-order valence-electron chi connectivity index (χ4n) is 1.87. The van der Waals surface area contributed by atoms with Crippen molar-refractivity contribution in [1.82, 2.24) is 5.32 Å². The number of amides is 2. The van der Waals surface area contributed by atoms with E-state index >= 15 is 0 Å². The number of aryl methyl sites for hydroxylation is 1. The number of halogens is 3. The maximum Gasteiger partial charge on any atom is 0.291 e. The summed E-state index contributed by atoms with van der Waals surface area (Å²) in [6, 6.07) is 7.56. The van der Waals surface area contributed by atoms with Gasteiger partial charge in [0.05, 0.1) is 19.4 Å². The second-order valence-electron chi connectivity index (χ2n) is 5.20. The molecule has 25 heavy (non-hydrogen) atoms. The molecule has 1 aromatic heterocycles. The molecule has 0 aliphatic rings. The molecule has 1 heterocycles. The number of anilines is 1. The molecular weight excluding hydrogens is 356 g/mol. The molecule has 6 nitrogen and oxygen atoms in total. The molecule has 0 aliphatic carbocycles. The Kier molecular flexibility index (Phi) is 7.08. The lowest BCUT2D eigenvalue weighted by atomic mass is 10.1. The Balaban J connectivity index is 0.00000312. The molecule has 2 amide bonds. The Morgan fingerprint density at radius 2 is 1.96 bits per heavy atom. The number of rotatable bonds is 6. The van der Waals surface area contributed by atoms with Gasteiger partial charge in [-0.2, -0.15) is 0 Å². The Bertz CT molecular complexity index is 736. The summed E-state index contributed by atoms with van der Waals surface area (Å²) in [7, 11) is 0. The van der Waals surface area contributed by atoms with Crippen molar-refractivity contribution in [2.24, 2.45) is 5.73 Å². The van der Waals surface area contributed by atoms with Gasteiger partial charge in [0.2, 0.25) is 0 Å². The van der Waals surface area contributed by atoms with Gasteiger partial charge in [0.25, 0.3) is 17.7 Å². The number of alkyl halides is 2. The summed E-state index contributed by atoms with van der Waals surface area (Å²) in [5.41, 5.74) is 6.15. The number of carbonyl (C=O) groups is 2. The van der Waals surface area contributed by atoms with Crippen LogP contribution in [0.5, 0.6) is 0 Å². The summed E-state index contributed by atoms with van der Waals surface area (Å²) in [5.74, 6) is -4.21. The SMILES string of the molecule is Cc1ccc(C(=O)NCC(F)(F)CN)cc1NC(=O)c1ccco1.Cl. The van der Waals surface area contributed by atoms with Crippen LogP contribution in [0.4, 0.5) is 14.5 Å². The molecule has 0 aliphatic heterocycles. The number of nitrogens with one attached hydrogen (secondary N) is 2. The monoisotopic (exact) mass is 373 g/mol. The highest BCUT2D eigenvalue weighted by Crippen LogP contribution is 2.18. The van der Waals surface area contributed by atoms with Crippen LogP contribution >= 0.6 is 12.4 Å². The first kappa shape index (κ1) is 20.6. The minimum atomic E-state index is -3.17. The predicted octanol–water partition coefficient (Wildman–Crippen LogP) is 2.59. The number of hydrogen-bond acceptors (Lipinski definition) is 4. The van der Waals surface area contributed by atoms with Gasteiger partial charge in [0.15, 0.2) is 5.76 Å². The predicted molar refractivity (Wildman–Crippen MR) is 91.4 cm³/mol. The molecule has 0 saturated carbocycles. The molecule has 9 heteroatoms. The van der Waals surface area contributed by atoms with Gasteiger partial charge in [0.1, 0.15) is 0 Å². The van der Waals surface area contributed by atoms with Crippen molar-refractivity contribution >= 4 is 29.9 Å². The van der Waals surface area contributed by atoms with E-state index in [2.05, 4.69) is 10.6 Å². The summed E-state index contributed by atoms with van der Waals surface area (Å²) in [6.45, 7) is 0.0257. The quantitative estimate of drug-likeness (QED) is 0.725. The summed E-state index contributed by atoms with van der Waals surface area (Å²) in [4.78, 5) is 24.0. The van der Waals surface area contributed by atoms with Gasteiger partial charge < -0.3 is 20.8 Å². The van der Waals surface area contributed by atoms with E-state index in [-0.39, 0.29) is 23.7 Å². The van der Waals surface area contributed by atoms with Gasteiger partial charge in [-0.25, -0.2) is 8.78 Å². The first-order chi connectivity index (χ1) is 11.3. The van der Waals surface area contributed by atoms with E-state index in [0.29, 0.717) is 11.3 Å². The van der Waals surface area contributed by atoms with Gasteiger partial charge >= 0.3 is 0 Å². The van der Waals surface area contributed by atoms with Crippen molar-refractivity contribution in [3.63, 3.8) is 0 Å². The Morgan fingerprint density at radius 1 is 1.24 bits per heavy atom. The molecule has 136 valence electrons. The van der Waals surface area contributed by atoms with Crippen molar-refractivity contribution in [2.75, 3.05) is 18.4 Å². The van der Waals surface area contributed by atoms with Crippen LogP contribution in [0.1, 0.15) is 26.5 Å². The van der Waals surface area contributed by atoms with Crippen LogP contribution in [-0.4, -0.2) is 30.8 Å². The van der Waals surface area contributed by atoms with E-state index in [1.807, 2.05) is 0 Å². The molecule has 0 spiro atoms. The zero-order chi connectivity index (χ0) is 17.7. The molecule has 1 aromatic carbocycles. The fourth-order valence-corrected chi connectivity index (χ4v) is 1.87. The number of hydrogen-bond donors (Lipinski definition) is 3. The highest BCUT2D eigenvalue weighted by atomic mass is 35.5. The maximum atomic E-state index is 13.1. The zero-order valence-electron chi connectivity index (χ0n) is 13.3. The van der Waals surface area contributed by atoms with Gasteiger partial charge in [0, 0.05) is 11.3 Å². The van der Waals surface area contributed by atoms with Crippen molar-refractivity contribution < 1.29 is 22.8 Å². The fraction of sp³-hybridized carbons (Fsp3) is 0.250. The van der Waals surface area contributed by atoms with Crippen LogP contribution in [0.25, 0.3) is 0 Å². The standard InChI is InChI=1S/C16H17F2N3O3.ClH/c1-10-4-5-11(14(22)20-9-16(17,18)8-19)7-12(10)21-15(23)13-3-2-6-24-13;/h2-7H,8-9,19H2,1H3,(H,20,22)(H,21,23);1H.